The van der Waals surface area contributed by atoms with Gasteiger partial charge in [-0.3, -0.25) is 19.4 Å². The van der Waals surface area contributed by atoms with E-state index in [-0.39, 0.29) is 24.7 Å². The number of carbonyl (C=O) groups excluding carboxylic acids is 3. The van der Waals surface area contributed by atoms with Crippen molar-refractivity contribution in [3.63, 3.8) is 0 Å². The Morgan fingerprint density at radius 1 is 1.10 bits per heavy atom. The minimum Gasteiger partial charge on any atom is -0.468 e. The number of nitrogens with zero attached hydrogens (tertiary/aromatic N) is 2. The lowest BCUT2D eigenvalue weighted by Crippen LogP contribution is -2.41. The van der Waals surface area contributed by atoms with E-state index in [0.717, 1.165) is 9.80 Å². The predicted octanol–water partition coefficient (Wildman–Crippen LogP) is 0.348. The van der Waals surface area contributed by atoms with Gasteiger partial charge in [-0.15, -0.1) is 11.8 Å². The standard InChI is InChI=1S/C13H16N2O5S/c1-19-12(17)7-15(8-13(18)20-2)11(16)9-21-10-3-5-14-6-4-10/h3-6H,7-9H2,1-2H3. The number of carbonyl (C=O) groups is 3. The third kappa shape index (κ3) is 6.26. The predicted molar refractivity (Wildman–Crippen MR) is 75.6 cm³/mol. The van der Waals surface area contributed by atoms with Gasteiger partial charge in [0.1, 0.15) is 13.1 Å². The molecule has 7 nitrogen and oxygen atoms in total. The highest BCUT2D eigenvalue weighted by molar-refractivity contribution is 8.00. The van der Waals surface area contributed by atoms with Gasteiger partial charge in [0.2, 0.25) is 5.91 Å². The SMILES string of the molecule is COC(=O)CN(CC(=O)OC)C(=O)CSc1ccncc1. The van der Waals surface area contributed by atoms with Gasteiger partial charge in [-0.2, -0.15) is 0 Å². The van der Waals surface area contributed by atoms with Crippen LogP contribution in [0.4, 0.5) is 0 Å². The lowest BCUT2D eigenvalue weighted by molar-refractivity contribution is -0.151. The molecular weight excluding hydrogens is 296 g/mol. The number of thioether (sulfide) groups is 1. The molecule has 0 aromatic carbocycles. The van der Waals surface area contributed by atoms with Gasteiger partial charge >= 0.3 is 11.9 Å². The van der Waals surface area contributed by atoms with Crippen molar-refractivity contribution < 1.29 is 23.9 Å². The van der Waals surface area contributed by atoms with E-state index in [0.29, 0.717) is 0 Å². The first kappa shape index (κ1) is 17.0. The van der Waals surface area contributed by atoms with Gasteiger partial charge in [0.05, 0.1) is 20.0 Å². The van der Waals surface area contributed by atoms with E-state index in [2.05, 4.69) is 14.5 Å². The Balaban J connectivity index is 2.61. The molecule has 0 aliphatic heterocycles. The van der Waals surface area contributed by atoms with Crippen molar-refractivity contribution in [1.29, 1.82) is 0 Å². The lowest BCUT2D eigenvalue weighted by Gasteiger charge is -2.19. The van der Waals surface area contributed by atoms with E-state index in [4.69, 9.17) is 0 Å². The first-order valence-corrected chi connectivity index (χ1v) is 6.99. The quantitative estimate of drug-likeness (QED) is 0.530. The highest BCUT2D eigenvalue weighted by Gasteiger charge is 2.21. The molecule has 0 bridgehead atoms. The van der Waals surface area contributed by atoms with E-state index >= 15 is 0 Å². The summed E-state index contributed by atoms with van der Waals surface area (Å²) < 4.78 is 9.02. The first-order valence-electron chi connectivity index (χ1n) is 6.01. The van der Waals surface area contributed by atoms with Crippen LogP contribution in [0.15, 0.2) is 29.4 Å². The van der Waals surface area contributed by atoms with Crippen LogP contribution in [0.2, 0.25) is 0 Å². The molecule has 0 spiro atoms. The molecule has 114 valence electrons. The molecule has 1 rings (SSSR count). The maximum Gasteiger partial charge on any atom is 0.325 e. The number of esters is 2. The summed E-state index contributed by atoms with van der Waals surface area (Å²) in [6.45, 7) is -0.581. The zero-order valence-electron chi connectivity index (χ0n) is 11.8. The molecule has 0 unspecified atom stereocenters. The highest BCUT2D eigenvalue weighted by Crippen LogP contribution is 2.16. The van der Waals surface area contributed by atoms with Crippen LogP contribution in [0, 0.1) is 0 Å². The largest absolute Gasteiger partial charge is 0.468 e. The summed E-state index contributed by atoms with van der Waals surface area (Å²) in [6, 6.07) is 3.53. The zero-order chi connectivity index (χ0) is 15.7. The maximum atomic E-state index is 12.1. The van der Waals surface area contributed by atoms with Gasteiger partial charge in [-0.05, 0) is 12.1 Å². The molecule has 1 heterocycles. The summed E-state index contributed by atoms with van der Waals surface area (Å²) in [7, 11) is 2.43. The van der Waals surface area contributed by atoms with Gasteiger partial charge in [0.25, 0.3) is 0 Å². The summed E-state index contributed by atoms with van der Waals surface area (Å²) in [5.74, 6) is -1.45. The molecule has 0 saturated carbocycles. The summed E-state index contributed by atoms with van der Waals surface area (Å²) in [5.41, 5.74) is 0. The van der Waals surface area contributed by atoms with E-state index < -0.39 is 11.9 Å². The minimum absolute atomic E-state index is 0.0952. The molecule has 0 saturated heterocycles. The topological polar surface area (TPSA) is 85.8 Å². The molecule has 0 radical (unpaired) electrons. The highest BCUT2D eigenvalue weighted by atomic mass is 32.2. The van der Waals surface area contributed by atoms with Crippen molar-refractivity contribution >= 4 is 29.6 Å². The van der Waals surface area contributed by atoms with Crippen molar-refractivity contribution in [1.82, 2.24) is 9.88 Å². The van der Waals surface area contributed by atoms with Crippen LogP contribution in [0.3, 0.4) is 0 Å². The van der Waals surface area contributed by atoms with Crippen LogP contribution in [0.25, 0.3) is 0 Å². The Labute approximate surface area is 126 Å². The molecule has 8 heteroatoms. The van der Waals surface area contributed by atoms with Gasteiger partial charge in [0.15, 0.2) is 0 Å². The van der Waals surface area contributed by atoms with Crippen molar-refractivity contribution in [3.05, 3.63) is 24.5 Å². The Morgan fingerprint density at radius 3 is 2.10 bits per heavy atom. The van der Waals surface area contributed by atoms with Crippen LogP contribution in [-0.2, 0) is 23.9 Å². The maximum absolute atomic E-state index is 12.1. The fraction of sp³-hybridized carbons (Fsp3) is 0.385. The van der Waals surface area contributed by atoms with Crippen LogP contribution < -0.4 is 0 Å². The Kier molecular flexibility index (Phi) is 7.24. The third-order valence-electron chi connectivity index (χ3n) is 2.46. The molecule has 1 aromatic heterocycles. The van der Waals surface area contributed by atoms with Crippen molar-refractivity contribution in [2.75, 3.05) is 33.1 Å². The molecule has 1 amide bonds. The number of ether oxygens (including phenoxy) is 2. The fourth-order valence-electron chi connectivity index (χ4n) is 1.34. The number of rotatable bonds is 7. The Bertz CT molecular complexity index is 477. The molecule has 0 atom stereocenters. The summed E-state index contributed by atoms with van der Waals surface area (Å²) in [4.78, 5) is 40.5. The summed E-state index contributed by atoms with van der Waals surface area (Å²) in [5, 5.41) is 0. The summed E-state index contributed by atoms with van der Waals surface area (Å²) >= 11 is 1.29. The first-order chi connectivity index (χ1) is 10.1. The third-order valence-corrected chi connectivity index (χ3v) is 3.46. The van der Waals surface area contributed by atoms with Crippen molar-refractivity contribution in [3.8, 4) is 0 Å². The zero-order valence-corrected chi connectivity index (χ0v) is 12.6. The number of aromatic nitrogens is 1. The van der Waals surface area contributed by atoms with Crippen LogP contribution in [0.1, 0.15) is 0 Å². The second kappa shape index (κ2) is 8.96. The van der Waals surface area contributed by atoms with Gasteiger partial charge < -0.3 is 14.4 Å². The number of amides is 1. The van der Waals surface area contributed by atoms with Crippen LogP contribution in [0.5, 0.6) is 0 Å². The molecule has 0 aliphatic carbocycles. The smallest absolute Gasteiger partial charge is 0.325 e. The lowest BCUT2D eigenvalue weighted by atomic mass is 10.4. The molecule has 21 heavy (non-hydrogen) atoms. The second-order valence-electron chi connectivity index (χ2n) is 3.87. The number of hydrogen-bond donors (Lipinski definition) is 0. The molecule has 0 fully saturated rings. The molecule has 0 aliphatic rings. The van der Waals surface area contributed by atoms with Gasteiger partial charge in [-0.25, -0.2) is 0 Å². The van der Waals surface area contributed by atoms with E-state index in [1.54, 1.807) is 24.5 Å². The number of methoxy groups -OCH3 is 2. The second-order valence-corrected chi connectivity index (χ2v) is 4.92. The van der Waals surface area contributed by atoms with Crippen molar-refractivity contribution in [2.24, 2.45) is 0 Å². The number of hydrogen-bond acceptors (Lipinski definition) is 7. The molecule has 0 N–H and O–H groups in total. The van der Waals surface area contributed by atoms with Crippen LogP contribution in [-0.4, -0.2) is 60.8 Å². The monoisotopic (exact) mass is 312 g/mol. The van der Waals surface area contributed by atoms with Gasteiger partial charge in [-0.1, -0.05) is 0 Å². The molecular formula is C13H16N2O5S. The average molecular weight is 312 g/mol. The van der Waals surface area contributed by atoms with Crippen molar-refractivity contribution in [2.45, 2.75) is 4.90 Å². The van der Waals surface area contributed by atoms with E-state index in [9.17, 15) is 14.4 Å². The average Bonchev–Trinajstić information content (AvgIpc) is 2.52. The molecule has 1 aromatic rings. The van der Waals surface area contributed by atoms with Gasteiger partial charge in [0, 0.05) is 17.3 Å². The number of pyridine rings is 1. The Morgan fingerprint density at radius 2 is 1.62 bits per heavy atom. The summed E-state index contributed by atoms with van der Waals surface area (Å²) in [6.07, 6.45) is 3.24. The van der Waals surface area contributed by atoms with Crippen LogP contribution >= 0.6 is 11.8 Å². The normalized spacial score (nSPS) is 9.81. The fourth-order valence-corrected chi connectivity index (χ4v) is 2.13. The minimum atomic E-state index is -0.596. The van der Waals surface area contributed by atoms with E-state index in [1.807, 2.05) is 0 Å². The van der Waals surface area contributed by atoms with E-state index in [1.165, 1.54) is 26.0 Å². The Hall–Kier alpha value is -2.09.